The van der Waals surface area contributed by atoms with Crippen molar-refractivity contribution in [1.29, 1.82) is 0 Å². The van der Waals surface area contributed by atoms with Crippen LogP contribution >= 0.6 is 11.6 Å². The zero-order chi connectivity index (χ0) is 5.28. The van der Waals surface area contributed by atoms with E-state index in [9.17, 15) is 0 Å². The second-order valence-electron chi connectivity index (χ2n) is 1.42. The Balaban J connectivity index is 2.45. The van der Waals surface area contributed by atoms with Gasteiger partial charge in [0.05, 0.1) is 6.54 Å². The summed E-state index contributed by atoms with van der Waals surface area (Å²) in [5.41, 5.74) is -0.167. The molecule has 1 aliphatic heterocycles. The molecule has 0 spiro atoms. The van der Waals surface area contributed by atoms with Gasteiger partial charge in [-0.1, -0.05) is 11.6 Å². The lowest BCUT2D eigenvalue weighted by atomic mass is 10.7. The average Bonchev–Trinajstić information content (AvgIpc) is 1.91. The predicted octanol–water partition coefficient (Wildman–Crippen LogP) is 0.687. The minimum absolute atomic E-state index is 0.167. The van der Waals surface area contributed by atoms with Gasteiger partial charge in [0.25, 0.3) is 0 Å². The van der Waals surface area contributed by atoms with Gasteiger partial charge in [0.15, 0.2) is 5.62 Å². The van der Waals surface area contributed by atoms with Gasteiger partial charge < -0.3 is 0 Å². The first-order valence-corrected chi connectivity index (χ1v) is 2.47. The number of aliphatic imine (C=N–C) groups is 1. The van der Waals surface area contributed by atoms with Crippen molar-refractivity contribution in [2.45, 2.75) is 5.62 Å². The van der Waals surface area contributed by atoms with E-state index in [2.05, 4.69) is 4.99 Å². The lowest BCUT2D eigenvalue weighted by Crippen LogP contribution is -2.16. The molecule has 1 heterocycles. The van der Waals surface area contributed by atoms with E-state index in [-0.39, 0.29) is 5.62 Å². The summed E-state index contributed by atoms with van der Waals surface area (Å²) >= 11 is 5.56. The Labute approximate surface area is 47.8 Å². The van der Waals surface area contributed by atoms with E-state index in [0.29, 0.717) is 0 Å². The number of hydrogen-bond donors (Lipinski definition) is 0. The minimum atomic E-state index is -0.167. The molecule has 0 aromatic heterocycles. The summed E-state index contributed by atoms with van der Waals surface area (Å²) in [5.74, 6) is 0. The van der Waals surface area contributed by atoms with Crippen LogP contribution in [0.3, 0.4) is 0 Å². The van der Waals surface area contributed by atoms with E-state index in [1.54, 1.807) is 6.21 Å². The van der Waals surface area contributed by atoms with Gasteiger partial charge >= 0.3 is 0 Å². The molecule has 0 saturated heterocycles. The average molecular weight is 118 g/mol. The number of alkyl halides is 1. The highest BCUT2D eigenvalue weighted by atomic mass is 35.5. The summed E-state index contributed by atoms with van der Waals surface area (Å²) in [6, 6.07) is 0. The molecule has 1 aliphatic rings. The summed E-state index contributed by atoms with van der Waals surface area (Å²) in [7, 11) is 1.88. The van der Waals surface area contributed by atoms with Crippen LogP contribution in [0.15, 0.2) is 4.99 Å². The van der Waals surface area contributed by atoms with E-state index < -0.39 is 0 Å². The molecule has 1 unspecified atom stereocenters. The number of rotatable bonds is 0. The first kappa shape index (κ1) is 5.06. The van der Waals surface area contributed by atoms with Crippen molar-refractivity contribution in [2.75, 3.05) is 7.05 Å². The van der Waals surface area contributed by atoms with Crippen molar-refractivity contribution >= 4 is 17.8 Å². The van der Waals surface area contributed by atoms with Crippen LogP contribution in [0.1, 0.15) is 0 Å². The minimum Gasteiger partial charge on any atom is -0.262 e. The van der Waals surface area contributed by atoms with Crippen LogP contribution in [0, 0.1) is 6.54 Å². The molecule has 3 heteroatoms. The van der Waals surface area contributed by atoms with Crippen LogP contribution in [0.25, 0.3) is 0 Å². The van der Waals surface area contributed by atoms with E-state index >= 15 is 0 Å². The van der Waals surface area contributed by atoms with E-state index in [4.69, 9.17) is 11.6 Å². The molecular weight excluding hydrogens is 112 g/mol. The molecule has 0 fully saturated rings. The highest BCUT2D eigenvalue weighted by Crippen LogP contribution is 2.08. The van der Waals surface area contributed by atoms with E-state index in [1.807, 2.05) is 18.5 Å². The summed E-state index contributed by atoms with van der Waals surface area (Å²) < 4.78 is 0. The monoisotopic (exact) mass is 117 g/mol. The first-order chi connectivity index (χ1) is 3.30. The predicted molar refractivity (Wildman–Crippen MR) is 30.2 cm³/mol. The number of nitrogens with zero attached hydrogens (tertiary/aromatic N) is 2. The van der Waals surface area contributed by atoms with Gasteiger partial charge in [0.1, 0.15) is 0 Å². The van der Waals surface area contributed by atoms with E-state index in [1.165, 1.54) is 0 Å². The maximum absolute atomic E-state index is 5.56. The fourth-order valence-electron chi connectivity index (χ4n) is 0.391. The lowest BCUT2D eigenvalue weighted by molar-refractivity contribution is 0.431. The van der Waals surface area contributed by atoms with Gasteiger partial charge in [0.2, 0.25) is 0 Å². The molecule has 7 heavy (non-hydrogen) atoms. The largest absolute Gasteiger partial charge is 0.262 e. The molecule has 0 aromatic rings. The molecule has 0 N–H and O–H groups in total. The molecule has 0 saturated carbocycles. The molecule has 1 radical (unpaired) electrons. The van der Waals surface area contributed by atoms with Crippen LogP contribution in [0.5, 0.6) is 0 Å². The highest BCUT2D eigenvalue weighted by Gasteiger charge is 2.11. The van der Waals surface area contributed by atoms with Crippen LogP contribution in [0.4, 0.5) is 0 Å². The fraction of sp³-hybridized carbons (Fsp3) is 0.500. The zero-order valence-electron chi connectivity index (χ0n) is 4.00. The van der Waals surface area contributed by atoms with Crippen LogP contribution in [0.2, 0.25) is 0 Å². The van der Waals surface area contributed by atoms with Gasteiger partial charge in [-0.15, -0.1) is 0 Å². The smallest absolute Gasteiger partial charge is 0.178 e. The van der Waals surface area contributed by atoms with Crippen molar-refractivity contribution in [3.8, 4) is 0 Å². The third-order valence-electron chi connectivity index (χ3n) is 0.847. The Morgan fingerprint density at radius 1 is 1.86 bits per heavy atom. The quantitative estimate of drug-likeness (QED) is 0.337. The first-order valence-electron chi connectivity index (χ1n) is 2.03. The molecular formula is C4H6ClN2. The second kappa shape index (κ2) is 1.80. The topological polar surface area (TPSA) is 15.6 Å². The molecule has 0 aliphatic carbocycles. The van der Waals surface area contributed by atoms with Crippen molar-refractivity contribution in [2.24, 2.45) is 4.99 Å². The van der Waals surface area contributed by atoms with Crippen molar-refractivity contribution in [1.82, 2.24) is 4.90 Å². The van der Waals surface area contributed by atoms with E-state index in [0.717, 1.165) is 0 Å². The number of hydrogen-bond acceptors (Lipinski definition) is 2. The van der Waals surface area contributed by atoms with Crippen LogP contribution in [-0.4, -0.2) is 23.8 Å². The second-order valence-corrected chi connectivity index (χ2v) is 1.81. The summed E-state index contributed by atoms with van der Waals surface area (Å²) in [4.78, 5) is 5.65. The zero-order valence-corrected chi connectivity index (χ0v) is 4.76. The van der Waals surface area contributed by atoms with Gasteiger partial charge in [-0.05, 0) is 7.05 Å². The molecule has 2 nitrogen and oxygen atoms in total. The SMILES string of the molecule is CN1[CH]C=NC1Cl. The Hall–Kier alpha value is -0.0800. The van der Waals surface area contributed by atoms with Crippen molar-refractivity contribution < 1.29 is 0 Å². The van der Waals surface area contributed by atoms with Crippen LogP contribution < -0.4 is 0 Å². The Bertz CT molecular complexity index is 91.7. The van der Waals surface area contributed by atoms with Gasteiger partial charge in [-0.2, -0.15) is 0 Å². The Kier molecular flexibility index (Phi) is 1.30. The summed E-state index contributed by atoms with van der Waals surface area (Å²) in [5, 5.41) is 0. The summed E-state index contributed by atoms with van der Waals surface area (Å²) in [6.07, 6.45) is 1.69. The lowest BCUT2D eigenvalue weighted by Gasteiger charge is -2.07. The van der Waals surface area contributed by atoms with Gasteiger partial charge in [-0.3, -0.25) is 9.89 Å². The molecule has 0 aromatic carbocycles. The Morgan fingerprint density at radius 3 is 2.71 bits per heavy atom. The maximum atomic E-state index is 5.56. The number of halogens is 1. The normalized spacial score (nSPS) is 32.0. The van der Waals surface area contributed by atoms with Crippen LogP contribution in [-0.2, 0) is 0 Å². The third-order valence-corrected chi connectivity index (χ3v) is 1.27. The molecule has 1 atom stereocenters. The van der Waals surface area contributed by atoms with Gasteiger partial charge in [0, 0.05) is 6.21 Å². The van der Waals surface area contributed by atoms with Crippen molar-refractivity contribution in [3.63, 3.8) is 0 Å². The molecule has 1 rings (SSSR count). The highest BCUT2D eigenvalue weighted by molar-refractivity contribution is 6.21. The standard InChI is InChI=1S/C4H6ClN2/c1-7-3-2-6-4(7)5/h2-4H,1H3. The maximum Gasteiger partial charge on any atom is 0.178 e. The molecule has 39 valence electrons. The Morgan fingerprint density at radius 2 is 2.57 bits per heavy atom. The third kappa shape index (κ3) is 0.924. The molecule has 0 bridgehead atoms. The van der Waals surface area contributed by atoms with Gasteiger partial charge in [-0.25, -0.2) is 0 Å². The fourth-order valence-corrected chi connectivity index (χ4v) is 0.521. The molecule has 0 amide bonds. The summed E-state index contributed by atoms with van der Waals surface area (Å²) in [6.45, 7) is 1.83. The van der Waals surface area contributed by atoms with Crippen molar-refractivity contribution in [3.05, 3.63) is 6.54 Å².